The van der Waals surface area contributed by atoms with Crippen molar-refractivity contribution in [2.24, 2.45) is 0 Å². The van der Waals surface area contributed by atoms with Gasteiger partial charge in [-0.05, 0) is 25.5 Å². The number of carbonyl (C=O) groups is 1. The minimum Gasteiger partial charge on any atom is -0.352 e. The van der Waals surface area contributed by atoms with E-state index in [4.69, 9.17) is 0 Å². The molecular weight excluding hydrogens is 370 g/mol. The number of benzene rings is 1. The Kier molecular flexibility index (Phi) is 7.59. The van der Waals surface area contributed by atoms with E-state index in [2.05, 4.69) is 17.2 Å². The van der Waals surface area contributed by atoms with Gasteiger partial charge in [-0.2, -0.15) is 0 Å². The van der Waals surface area contributed by atoms with Crippen LogP contribution in [0.5, 0.6) is 0 Å². The Morgan fingerprint density at radius 3 is 2.62 bits per heavy atom. The first-order valence-electron chi connectivity index (χ1n) is 8.71. The lowest BCUT2D eigenvalue weighted by Crippen LogP contribution is -2.43. The summed E-state index contributed by atoms with van der Waals surface area (Å²) in [6.07, 6.45) is 5.68. The van der Waals surface area contributed by atoms with Crippen molar-refractivity contribution in [3.63, 3.8) is 0 Å². The molecule has 2 aromatic rings. The predicted molar refractivity (Wildman–Crippen MR) is 105 cm³/mol. The number of nitrogens with zero attached hydrogens (tertiary/aromatic N) is 2. The van der Waals surface area contributed by atoms with E-state index in [1.807, 2.05) is 6.92 Å². The van der Waals surface area contributed by atoms with Crippen LogP contribution in [0.2, 0.25) is 0 Å². The van der Waals surface area contributed by atoms with Crippen molar-refractivity contribution in [2.75, 3.05) is 10.8 Å². The van der Waals surface area contributed by atoms with Crippen LogP contribution >= 0.6 is 11.3 Å². The molecule has 0 spiro atoms. The largest absolute Gasteiger partial charge is 0.352 e. The fraction of sp³-hybridized carbons (Fsp3) is 0.444. The van der Waals surface area contributed by atoms with Crippen LogP contribution < -0.4 is 9.62 Å². The van der Waals surface area contributed by atoms with Crippen molar-refractivity contribution in [1.82, 2.24) is 10.3 Å². The lowest BCUT2D eigenvalue weighted by Gasteiger charge is -2.22. The van der Waals surface area contributed by atoms with Crippen molar-refractivity contribution in [3.05, 3.63) is 41.9 Å². The molecule has 2 rings (SSSR count). The zero-order valence-electron chi connectivity index (χ0n) is 15.1. The maximum atomic E-state index is 13.0. The number of unbranched alkanes of at least 4 members (excludes halogenated alkanes) is 2. The van der Waals surface area contributed by atoms with Gasteiger partial charge in [-0.15, -0.1) is 11.3 Å². The number of hydrogen-bond donors (Lipinski definition) is 1. The SMILES string of the molecule is CCCCCC(C)NC(=O)CN(c1nccs1)S(=O)(=O)c1ccccc1. The smallest absolute Gasteiger partial charge is 0.266 e. The number of hydrogen-bond acceptors (Lipinski definition) is 5. The van der Waals surface area contributed by atoms with Crippen LogP contribution in [-0.4, -0.2) is 31.9 Å². The summed E-state index contributed by atoms with van der Waals surface area (Å²) in [5.74, 6) is -0.330. The van der Waals surface area contributed by atoms with E-state index < -0.39 is 10.0 Å². The molecule has 0 aliphatic heterocycles. The van der Waals surface area contributed by atoms with Gasteiger partial charge in [-0.25, -0.2) is 17.7 Å². The summed E-state index contributed by atoms with van der Waals surface area (Å²) in [6, 6.07) is 8.09. The number of thiazole rings is 1. The molecule has 1 aromatic heterocycles. The Morgan fingerprint density at radius 1 is 1.27 bits per heavy atom. The molecule has 1 aromatic carbocycles. The molecule has 1 atom stereocenters. The van der Waals surface area contributed by atoms with Crippen molar-refractivity contribution < 1.29 is 13.2 Å². The third kappa shape index (κ3) is 5.54. The van der Waals surface area contributed by atoms with E-state index >= 15 is 0 Å². The first kappa shape index (κ1) is 20.4. The van der Waals surface area contributed by atoms with Crippen LogP contribution in [-0.2, 0) is 14.8 Å². The third-order valence-electron chi connectivity index (χ3n) is 3.90. The van der Waals surface area contributed by atoms with Gasteiger partial charge in [0, 0.05) is 17.6 Å². The monoisotopic (exact) mass is 395 g/mol. The fourth-order valence-electron chi connectivity index (χ4n) is 2.54. The van der Waals surface area contributed by atoms with Gasteiger partial charge in [0.15, 0.2) is 5.13 Å². The molecule has 0 saturated carbocycles. The molecule has 1 N–H and O–H groups in total. The average Bonchev–Trinajstić information content (AvgIpc) is 3.14. The maximum Gasteiger partial charge on any atom is 0.266 e. The van der Waals surface area contributed by atoms with Crippen LogP contribution in [0.1, 0.15) is 39.5 Å². The highest BCUT2D eigenvalue weighted by Gasteiger charge is 2.29. The molecule has 8 heteroatoms. The van der Waals surface area contributed by atoms with Crippen LogP contribution in [0.15, 0.2) is 46.8 Å². The Bertz CT molecular complexity index is 777. The Labute approximate surface area is 159 Å². The number of aromatic nitrogens is 1. The molecule has 0 fully saturated rings. The average molecular weight is 396 g/mol. The standard InChI is InChI=1S/C18H25N3O3S2/c1-3-4-6-9-15(2)20-17(22)14-21(18-19-12-13-25-18)26(23,24)16-10-7-5-8-11-16/h5,7-8,10-13,15H,3-4,6,9,14H2,1-2H3,(H,20,22). The van der Waals surface area contributed by atoms with Crippen molar-refractivity contribution in [3.8, 4) is 0 Å². The van der Waals surface area contributed by atoms with Gasteiger partial charge in [-0.1, -0.05) is 44.4 Å². The third-order valence-corrected chi connectivity index (χ3v) is 6.56. The van der Waals surface area contributed by atoms with Gasteiger partial charge >= 0.3 is 0 Å². The highest BCUT2D eigenvalue weighted by Crippen LogP contribution is 2.25. The van der Waals surface area contributed by atoms with Crippen molar-refractivity contribution in [1.29, 1.82) is 0 Å². The molecule has 0 saturated heterocycles. The Balaban J connectivity index is 2.13. The van der Waals surface area contributed by atoms with E-state index in [0.29, 0.717) is 0 Å². The second-order valence-electron chi connectivity index (χ2n) is 6.10. The molecule has 0 radical (unpaired) electrons. The van der Waals surface area contributed by atoms with Crippen LogP contribution in [0.25, 0.3) is 0 Å². The fourth-order valence-corrected chi connectivity index (χ4v) is 4.80. The lowest BCUT2D eigenvalue weighted by atomic mass is 10.1. The number of carbonyl (C=O) groups excluding carboxylic acids is 1. The lowest BCUT2D eigenvalue weighted by molar-refractivity contribution is -0.120. The van der Waals surface area contributed by atoms with Crippen LogP contribution in [0.3, 0.4) is 0 Å². The van der Waals surface area contributed by atoms with Gasteiger partial charge < -0.3 is 5.32 Å². The number of anilines is 1. The summed E-state index contributed by atoms with van der Waals surface area (Å²) < 4.78 is 27.0. The summed E-state index contributed by atoms with van der Waals surface area (Å²) in [4.78, 5) is 16.7. The number of amides is 1. The summed E-state index contributed by atoms with van der Waals surface area (Å²) >= 11 is 1.19. The summed E-state index contributed by atoms with van der Waals surface area (Å²) in [5, 5.41) is 4.86. The molecule has 1 heterocycles. The van der Waals surface area contributed by atoms with Gasteiger partial charge in [0.25, 0.3) is 10.0 Å². The van der Waals surface area contributed by atoms with Gasteiger partial charge in [0.2, 0.25) is 5.91 Å². The first-order valence-corrected chi connectivity index (χ1v) is 11.0. The highest BCUT2D eigenvalue weighted by molar-refractivity contribution is 7.93. The molecule has 26 heavy (non-hydrogen) atoms. The highest BCUT2D eigenvalue weighted by atomic mass is 32.2. The molecule has 0 aliphatic rings. The predicted octanol–water partition coefficient (Wildman–Crippen LogP) is 3.42. The summed E-state index contributed by atoms with van der Waals surface area (Å²) in [5.41, 5.74) is 0. The number of sulfonamides is 1. The molecule has 0 bridgehead atoms. The normalized spacial score (nSPS) is 12.5. The van der Waals surface area contributed by atoms with Crippen LogP contribution in [0, 0.1) is 0 Å². The number of rotatable bonds is 10. The van der Waals surface area contributed by atoms with Crippen LogP contribution in [0.4, 0.5) is 5.13 Å². The maximum absolute atomic E-state index is 13.0. The molecule has 6 nitrogen and oxygen atoms in total. The zero-order valence-corrected chi connectivity index (χ0v) is 16.7. The first-order chi connectivity index (χ1) is 12.4. The van der Waals surface area contributed by atoms with Crippen molar-refractivity contribution >= 4 is 32.4 Å². The molecule has 1 amide bonds. The molecule has 0 aliphatic carbocycles. The molecule has 142 valence electrons. The van der Waals surface area contributed by atoms with E-state index in [1.54, 1.807) is 23.6 Å². The second kappa shape index (κ2) is 9.68. The van der Waals surface area contributed by atoms with E-state index in [9.17, 15) is 13.2 Å². The van der Waals surface area contributed by atoms with Crippen molar-refractivity contribution in [2.45, 2.75) is 50.5 Å². The molecule has 1 unspecified atom stereocenters. The van der Waals surface area contributed by atoms with E-state index in [-0.39, 0.29) is 28.5 Å². The minimum absolute atomic E-state index is 0.00613. The zero-order chi connectivity index (χ0) is 19.0. The summed E-state index contributed by atoms with van der Waals surface area (Å²) in [6.45, 7) is 3.78. The summed E-state index contributed by atoms with van der Waals surface area (Å²) in [7, 11) is -3.86. The van der Waals surface area contributed by atoms with Gasteiger partial charge in [-0.3, -0.25) is 4.79 Å². The number of nitrogens with one attached hydrogen (secondary N) is 1. The second-order valence-corrected chi connectivity index (χ2v) is 8.84. The van der Waals surface area contributed by atoms with Gasteiger partial charge in [0.1, 0.15) is 6.54 Å². The Hall–Kier alpha value is -1.93. The van der Waals surface area contributed by atoms with E-state index in [0.717, 1.165) is 30.0 Å². The van der Waals surface area contributed by atoms with E-state index in [1.165, 1.54) is 29.7 Å². The quantitative estimate of drug-likeness (QED) is 0.625. The topological polar surface area (TPSA) is 79.4 Å². The Morgan fingerprint density at radius 2 is 2.00 bits per heavy atom. The van der Waals surface area contributed by atoms with Gasteiger partial charge in [0.05, 0.1) is 4.90 Å². The molecular formula is C18H25N3O3S2. The minimum atomic E-state index is -3.86.